The number of hydrogen-bond donors (Lipinski definition) is 8. The van der Waals surface area contributed by atoms with Gasteiger partial charge in [0.05, 0.1) is 19.1 Å². The first-order valence-corrected chi connectivity index (χ1v) is 13.0. The maximum absolute atomic E-state index is 12.9. The standard InChI is InChI=1S/C27H32O14/c1-10-20(32)22(34)24(36)26(37-10)41-25-23(35)21(33)18(9-28)40-27(25)38-13-6-14(30)19-15(31)8-16(39-17(19)7-13)11-2-4-12(29)5-3-11/h2-7,10,16,18,20-30,32-36H,8-9H2,1H3/t10-,16-,18-,20+,21+,22-,23+,24+,25+,26-,27+/m0/s1. The average molecular weight is 581 g/mol. The lowest BCUT2D eigenvalue weighted by Gasteiger charge is -2.45. The summed E-state index contributed by atoms with van der Waals surface area (Å²) >= 11 is 0. The van der Waals surface area contributed by atoms with E-state index >= 15 is 0 Å². The zero-order chi connectivity index (χ0) is 29.6. The van der Waals surface area contributed by atoms with Gasteiger partial charge in [-0.1, -0.05) is 12.1 Å². The largest absolute Gasteiger partial charge is 0.508 e. The molecule has 0 spiro atoms. The van der Waals surface area contributed by atoms with Crippen LogP contribution in [0.5, 0.6) is 23.0 Å². The van der Waals surface area contributed by atoms with E-state index in [0.29, 0.717) is 5.56 Å². The molecule has 11 atom stereocenters. The number of ketones is 1. The zero-order valence-electron chi connectivity index (χ0n) is 21.8. The molecule has 8 N–H and O–H groups in total. The fourth-order valence-corrected chi connectivity index (χ4v) is 5.07. The van der Waals surface area contributed by atoms with Crippen LogP contribution in [0.2, 0.25) is 0 Å². The van der Waals surface area contributed by atoms with Crippen LogP contribution >= 0.6 is 0 Å². The van der Waals surface area contributed by atoms with Gasteiger partial charge in [0.25, 0.3) is 0 Å². The monoisotopic (exact) mass is 580 g/mol. The van der Waals surface area contributed by atoms with Gasteiger partial charge in [0.2, 0.25) is 6.29 Å². The van der Waals surface area contributed by atoms with Crippen molar-refractivity contribution < 1.29 is 69.3 Å². The van der Waals surface area contributed by atoms with Crippen LogP contribution in [0.3, 0.4) is 0 Å². The number of benzene rings is 2. The summed E-state index contributed by atoms with van der Waals surface area (Å²) in [4.78, 5) is 12.9. The van der Waals surface area contributed by atoms with Crippen LogP contribution in [0.4, 0.5) is 0 Å². The SMILES string of the molecule is C[C@@H]1O[C@@H](O[C@H]2[C@H](Oc3cc(O)c4c(c3)O[C@H](c3ccc(O)cc3)CC4=O)O[C@@H](CO)[C@@H](O)[C@H]2O)[C@H](O)[C@@H](O)[C@@H]1O. The number of phenols is 2. The Morgan fingerprint density at radius 3 is 2.27 bits per heavy atom. The van der Waals surface area contributed by atoms with Crippen LogP contribution in [0, 0.1) is 0 Å². The van der Waals surface area contributed by atoms with Crippen molar-refractivity contribution in [1.29, 1.82) is 0 Å². The minimum atomic E-state index is -1.75. The van der Waals surface area contributed by atoms with Gasteiger partial charge < -0.3 is 64.5 Å². The molecule has 2 aromatic carbocycles. The molecule has 2 saturated heterocycles. The van der Waals surface area contributed by atoms with E-state index in [1.54, 1.807) is 12.1 Å². The topological polar surface area (TPSA) is 225 Å². The normalized spacial score (nSPS) is 37.2. The Labute approximate surface area is 233 Å². The molecule has 14 nitrogen and oxygen atoms in total. The van der Waals surface area contributed by atoms with Gasteiger partial charge >= 0.3 is 0 Å². The van der Waals surface area contributed by atoms with E-state index in [-0.39, 0.29) is 29.2 Å². The van der Waals surface area contributed by atoms with E-state index in [0.717, 1.165) is 6.07 Å². The van der Waals surface area contributed by atoms with Gasteiger partial charge in [0, 0.05) is 12.1 Å². The number of ether oxygens (including phenoxy) is 5. The highest BCUT2D eigenvalue weighted by molar-refractivity contribution is 6.02. The molecule has 2 fully saturated rings. The Hall–Kier alpha value is -3.05. The molecule has 5 rings (SSSR count). The molecule has 2 aromatic rings. The number of hydrogen-bond acceptors (Lipinski definition) is 14. The first kappa shape index (κ1) is 29.4. The third-order valence-corrected chi connectivity index (χ3v) is 7.42. The van der Waals surface area contributed by atoms with Gasteiger partial charge in [-0.3, -0.25) is 4.79 Å². The number of fused-ring (bicyclic) bond motifs is 1. The Kier molecular flexibility index (Phi) is 8.39. The van der Waals surface area contributed by atoms with E-state index in [9.17, 15) is 45.6 Å². The lowest BCUT2D eigenvalue weighted by molar-refractivity contribution is -0.354. The van der Waals surface area contributed by atoms with Gasteiger partial charge in [-0.25, -0.2) is 0 Å². The van der Waals surface area contributed by atoms with E-state index < -0.39 is 85.7 Å². The highest BCUT2D eigenvalue weighted by Gasteiger charge is 2.51. The number of Topliss-reactive ketones (excluding diaryl/α,β-unsaturated/α-hetero) is 1. The van der Waals surface area contributed by atoms with Crippen LogP contribution < -0.4 is 9.47 Å². The quantitative estimate of drug-likeness (QED) is 0.202. The van der Waals surface area contributed by atoms with Crippen molar-refractivity contribution in [3.05, 3.63) is 47.5 Å². The highest BCUT2D eigenvalue weighted by Crippen LogP contribution is 2.43. The summed E-state index contributed by atoms with van der Waals surface area (Å²) < 4.78 is 28.6. The van der Waals surface area contributed by atoms with E-state index in [2.05, 4.69) is 0 Å². The van der Waals surface area contributed by atoms with Crippen molar-refractivity contribution in [2.75, 3.05) is 6.61 Å². The second-order valence-corrected chi connectivity index (χ2v) is 10.2. The number of aromatic hydroxyl groups is 2. The van der Waals surface area contributed by atoms with Crippen LogP contribution in [0.1, 0.15) is 35.4 Å². The minimum absolute atomic E-state index is 0.0149. The van der Waals surface area contributed by atoms with Gasteiger partial charge in [-0.2, -0.15) is 0 Å². The molecular weight excluding hydrogens is 548 g/mol. The summed E-state index contributed by atoms with van der Waals surface area (Å²) in [5, 5.41) is 81.6. The Morgan fingerprint density at radius 2 is 1.59 bits per heavy atom. The van der Waals surface area contributed by atoms with Gasteiger partial charge in [-0.05, 0) is 24.6 Å². The molecule has 3 heterocycles. The van der Waals surface area contributed by atoms with Crippen LogP contribution in [-0.2, 0) is 14.2 Å². The number of carbonyl (C=O) groups is 1. The molecule has 0 radical (unpaired) electrons. The summed E-state index contributed by atoms with van der Waals surface area (Å²) in [5.74, 6) is -0.947. The van der Waals surface area contributed by atoms with Crippen LogP contribution in [0.15, 0.2) is 36.4 Å². The molecule has 3 aliphatic rings. The van der Waals surface area contributed by atoms with Crippen molar-refractivity contribution in [2.45, 2.75) is 80.9 Å². The number of aliphatic hydroxyl groups excluding tert-OH is 6. The molecule has 224 valence electrons. The molecule has 3 aliphatic heterocycles. The molecule has 0 aromatic heterocycles. The molecule has 41 heavy (non-hydrogen) atoms. The van der Waals surface area contributed by atoms with Gasteiger partial charge in [0.15, 0.2) is 18.2 Å². The molecule has 0 aliphatic carbocycles. The highest BCUT2D eigenvalue weighted by atomic mass is 16.8. The first-order chi connectivity index (χ1) is 19.5. The average Bonchev–Trinajstić information content (AvgIpc) is 2.94. The third kappa shape index (κ3) is 5.70. The Bertz CT molecular complexity index is 1240. The van der Waals surface area contributed by atoms with Crippen molar-refractivity contribution in [3.8, 4) is 23.0 Å². The summed E-state index contributed by atoms with van der Waals surface area (Å²) in [6, 6.07) is 8.50. The van der Waals surface area contributed by atoms with E-state index in [1.165, 1.54) is 25.1 Å². The minimum Gasteiger partial charge on any atom is -0.508 e. The first-order valence-electron chi connectivity index (χ1n) is 13.0. The van der Waals surface area contributed by atoms with Crippen molar-refractivity contribution in [1.82, 2.24) is 0 Å². The molecule has 0 saturated carbocycles. The van der Waals surface area contributed by atoms with Crippen molar-refractivity contribution in [2.24, 2.45) is 0 Å². The van der Waals surface area contributed by atoms with Gasteiger partial charge in [-0.15, -0.1) is 0 Å². The van der Waals surface area contributed by atoms with E-state index in [4.69, 9.17) is 23.7 Å². The predicted molar refractivity (Wildman–Crippen MR) is 134 cm³/mol. The lowest BCUT2D eigenvalue weighted by atomic mass is 9.95. The number of aliphatic hydroxyl groups is 6. The van der Waals surface area contributed by atoms with Gasteiger partial charge in [0.1, 0.15) is 71.3 Å². The smallest absolute Gasteiger partial charge is 0.229 e. The lowest BCUT2D eigenvalue weighted by Crippen LogP contribution is -2.64. The van der Waals surface area contributed by atoms with E-state index in [1.807, 2.05) is 0 Å². The summed E-state index contributed by atoms with van der Waals surface area (Å²) in [6.45, 7) is 0.716. The van der Waals surface area contributed by atoms with Crippen molar-refractivity contribution in [3.63, 3.8) is 0 Å². The summed E-state index contributed by atoms with van der Waals surface area (Å²) in [6.07, 6.45) is -16.0. The number of rotatable bonds is 6. The number of carbonyl (C=O) groups excluding carboxylic acids is 1. The zero-order valence-corrected chi connectivity index (χ0v) is 21.8. The summed E-state index contributed by atoms with van der Waals surface area (Å²) in [7, 11) is 0. The molecule has 14 heteroatoms. The Morgan fingerprint density at radius 1 is 0.878 bits per heavy atom. The summed E-state index contributed by atoms with van der Waals surface area (Å²) in [5.41, 5.74) is 0.529. The fourth-order valence-electron chi connectivity index (χ4n) is 5.07. The molecular formula is C27H32O14. The molecule has 0 amide bonds. The second-order valence-electron chi connectivity index (χ2n) is 10.2. The maximum Gasteiger partial charge on any atom is 0.229 e. The maximum atomic E-state index is 12.9. The fraction of sp³-hybridized carbons (Fsp3) is 0.519. The second kappa shape index (κ2) is 11.7. The predicted octanol–water partition coefficient (Wildman–Crippen LogP) is -1.17. The molecule has 0 unspecified atom stereocenters. The number of phenolic OH excluding ortho intramolecular Hbond substituents is 2. The van der Waals surface area contributed by atoms with Crippen LogP contribution in [0.25, 0.3) is 0 Å². The third-order valence-electron chi connectivity index (χ3n) is 7.42. The molecule has 0 bridgehead atoms. The Balaban J connectivity index is 1.41. The van der Waals surface area contributed by atoms with Crippen molar-refractivity contribution >= 4 is 5.78 Å². The van der Waals surface area contributed by atoms with Crippen LogP contribution in [-0.4, -0.2) is 115 Å².